The highest BCUT2D eigenvalue weighted by Crippen LogP contribution is 2.32. The molecule has 4 aromatic rings. The normalized spacial score (nSPS) is 11.1. The molecular weight excluding hydrogens is 404 g/mol. The van der Waals surface area contributed by atoms with Gasteiger partial charge in [0, 0.05) is 0 Å². The second-order valence-electron chi connectivity index (χ2n) is 6.77. The number of phenols is 2. The number of para-hydroxylation sites is 2. The molecule has 32 heavy (non-hydrogen) atoms. The van der Waals surface area contributed by atoms with Crippen LogP contribution in [0.5, 0.6) is 34.5 Å². The highest BCUT2D eigenvalue weighted by atomic mass is 16.5. The molecule has 6 heteroatoms. The Hall–Kier alpha value is -4.58. The predicted octanol–water partition coefficient (Wildman–Crippen LogP) is 6.14. The standard InChI is InChI=1S/C26H20N2O4/c29-23-15-19(11-13-25(23)31-21-7-3-1-4-8-21)17-27-28-18-20-12-14-26(24(30)16-20)32-22-9-5-2-6-10-22/h1-18,29-30H/b27-17+,28-18+. The molecule has 0 fully saturated rings. The Morgan fingerprint density at radius 3 is 1.31 bits per heavy atom. The first-order valence-corrected chi connectivity index (χ1v) is 9.85. The number of hydrogen-bond acceptors (Lipinski definition) is 6. The van der Waals surface area contributed by atoms with Gasteiger partial charge in [-0.3, -0.25) is 0 Å². The van der Waals surface area contributed by atoms with Crippen LogP contribution in [0.4, 0.5) is 0 Å². The van der Waals surface area contributed by atoms with Crippen molar-refractivity contribution in [1.29, 1.82) is 0 Å². The van der Waals surface area contributed by atoms with E-state index >= 15 is 0 Å². The lowest BCUT2D eigenvalue weighted by atomic mass is 10.2. The van der Waals surface area contributed by atoms with Gasteiger partial charge in [0.05, 0.1) is 12.4 Å². The predicted molar refractivity (Wildman–Crippen MR) is 124 cm³/mol. The molecule has 2 N–H and O–H groups in total. The van der Waals surface area contributed by atoms with Gasteiger partial charge in [-0.2, -0.15) is 10.2 Å². The van der Waals surface area contributed by atoms with Crippen LogP contribution in [0.15, 0.2) is 107 Å². The zero-order chi connectivity index (χ0) is 22.2. The number of aromatic hydroxyl groups is 2. The smallest absolute Gasteiger partial charge is 0.169 e. The summed E-state index contributed by atoms with van der Waals surface area (Å²) in [5.41, 5.74) is 1.32. The van der Waals surface area contributed by atoms with Crippen LogP contribution in [0.3, 0.4) is 0 Å². The van der Waals surface area contributed by atoms with E-state index in [1.165, 1.54) is 12.4 Å². The monoisotopic (exact) mass is 424 g/mol. The SMILES string of the molecule is Oc1cc(/C=N/N=C/c2ccc(Oc3ccccc3)c(O)c2)ccc1Oc1ccccc1. The molecule has 4 rings (SSSR count). The zero-order valence-corrected chi connectivity index (χ0v) is 17.0. The Balaban J connectivity index is 1.37. The van der Waals surface area contributed by atoms with Gasteiger partial charge in [0.1, 0.15) is 11.5 Å². The van der Waals surface area contributed by atoms with E-state index in [4.69, 9.17) is 9.47 Å². The number of hydrogen-bond donors (Lipinski definition) is 2. The average molecular weight is 424 g/mol. The van der Waals surface area contributed by atoms with Crippen LogP contribution in [0, 0.1) is 0 Å². The Bertz CT molecular complexity index is 1140. The van der Waals surface area contributed by atoms with Crippen LogP contribution in [-0.2, 0) is 0 Å². The summed E-state index contributed by atoms with van der Waals surface area (Å²) in [5.74, 6) is 1.98. The minimum Gasteiger partial charge on any atom is -0.504 e. The van der Waals surface area contributed by atoms with Gasteiger partial charge in [0.2, 0.25) is 0 Å². The summed E-state index contributed by atoms with van der Waals surface area (Å²) in [4.78, 5) is 0. The van der Waals surface area contributed by atoms with Crippen molar-refractivity contribution in [2.75, 3.05) is 0 Å². The number of nitrogens with zero attached hydrogens (tertiary/aromatic N) is 2. The van der Waals surface area contributed by atoms with Gasteiger partial charge in [0.25, 0.3) is 0 Å². The summed E-state index contributed by atoms with van der Waals surface area (Å²) >= 11 is 0. The summed E-state index contributed by atoms with van der Waals surface area (Å²) in [6.07, 6.45) is 3.02. The maximum Gasteiger partial charge on any atom is 0.169 e. The quantitative estimate of drug-likeness (QED) is 0.276. The molecule has 0 unspecified atom stereocenters. The average Bonchev–Trinajstić information content (AvgIpc) is 2.81. The fourth-order valence-corrected chi connectivity index (χ4v) is 2.83. The summed E-state index contributed by atoms with van der Waals surface area (Å²) < 4.78 is 11.3. The van der Waals surface area contributed by atoms with Gasteiger partial charge in [-0.1, -0.05) is 36.4 Å². The third kappa shape index (κ3) is 5.52. The second-order valence-corrected chi connectivity index (χ2v) is 6.77. The molecule has 0 spiro atoms. The number of phenolic OH excluding ortho intramolecular Hbond substituents is 2. The van der Waals surface area contributed by atoms with E-state index in [-0.39, 0.29) is 11.5 Å². The number of ether oxygens (including phenoxy) is 2. The third-order valence-electron chi connectivity index (χ3n) is 4.39. The van der Waals surface area contributed by atoms with Gasteiger partial charge in [-0.25, -0.2) is 0 Å². The summed E-state index contributed by atoms with van der Waals surface area (Å²) in [7, 11) is 0. The van der Waals surface area contributed by atoms with Gasteiger partial charge < -0.3 is 19.7 Å². The topological polar surface area (TPSA) is 83.6 Å². The molecule has 0 aliphatic carbocycles. The van der Waals surface area contributed by atoms with E-state index in [1.54, 1.807) is 36.4 Å². The molecule has 0 amide bonds. The fraction of sp³-hybridized carbons (Fsp3) is 0. The lowest BCUT2D eigenvalue weighted by Crippen LogP contribution is -1.87. The van der Waals surface area contributed by atoms with Crippen molar-refractivity contribution >= 4 is 12.4 Å². The molecule has 0 aliphatic heterocycles. The third-order valence-corrected chi connectivity index (χ3v) is 4.39. The lowest BCUT2D eigenvalue weighted by Gasteiger charge is -2.07. The van der Waals surface area contributed by atoms with Crippen molar-refractivity contribution in [3.63, 3.8) is 0 Å². The van der Waals surface area contributed by atoms with Gasteiger partial charge in [0.15, 0.2) is 23.0 Å². The van der Waals surface area contributed by atoms with E-state index in [9.17, 15) is 10.2 Å². The molecule has 0 saturated heterocycles. The van der Waals surface area contributed by atoms with Gasteiger partial charge >= 0.3 is 0 Å². The van der Waals surface area contributed by atoms with Gasteiger partial charge in [-0.05, 0) is 71.8 Å². The van der Waals surface area contributed by atoms with E-state index in [1.807, 2.05) is 60.7 Å². The van der Waals surface area contributed by atoms with Gasteiger partial charge in [-0.15, -0.1) is 0 Å². The van der Waals surface area contributed by atoms with E-state index in [0.29, 0.717) is 34.1 Å². The van der Waals surface area contributed by atoms with Crippen molar-refractivity contribution in [2.24, 2.45) is 10.2 Å². The first-order valence-electron chi connectivity index (χ1n) is 9.85. The molecule has 4 aromatic carbocycles. The highest BCUT2D eigenvalue weighted by molar-refractivity contribution is 5.84. The van der Waals surface area contributed by atoms with Crippen molar-refractivity contribution in [3.05, 3.63) is 108 Å². The Kier molecular flexibility index (Phi) is 6.43. The second kappa shape index (κ2) is 9.95. The molecule has 0 heterocycles. The summed E-state index contributed by atoms with van der Waals surface area (Å²) in [5, 5.41) is 28.4. The molecular formula is C26H20N2O4. The lowest BCUT2D eigenvalue weighted by molar-refractivity contribution is 0.411. The Labute approximate surface area is 185 Å². The van der Waals surface area contributed by atoms with Crippen LogP contribution in [0.25, 0.3) is 0 Å². The summed E-state index contributed by atoms with van der Waals surface area (Å²) in [6.45, 7) is 0. The highest BCUT2D eigenvalue weighted by Gasteiger charge is 2.05. The minimum absolute atomic E-state index is 0.000657. The molecule has 0 radical (unpaired) electrons. The van der Waals surface area contributed by atoms with Crippen molar-refractivity contribution in [1.82, 2.24) is 0 Å². The van der Waals surface area contributed by atoms with Crippen molar-refractivity contribution in [2.45, 2.75) is 0 Å². The maximum absolute atomic E-state index is 10.2. The number of rotatable bonds is 7. The summed E-state index contributed by atoms with van der Waals surface area (Å²) in [6, 6.07) is 28.4. The van der Waals surface area contributed by atoms with Crippen LogP contribution in [-0.4, -0.2) is 22.6 Å². The Morgan fingerprint density at radius 1 is 0.531 bits per heavy atom. The molecule has 0 bridgehead atoms. The van der Waals surface area contributed by atoms with Crippen LogP contribution in [0.2, 0.25) is 0 Å². The minimum atomic E-state index is 0.000657. The van der Waals surface area contributed by atoms with E-state index in [2.05, 4.69) is 10.2 Å². The van der Waals surface area contributed by atoms with Crippen LogP contribution >= 0.6 is 0 Å². The number of benzene rings is 4. The zero-order valence-electron chi connectivity index (χ0n) is 17.0. The molecule has 0 aromatic heterocycles. The van der Waals surface area contributed by atoms with Crippen molar-refractivity contribution < 1.29 is 19.7 Å². The first-order chi connectivity index (χ1) is 15.7. The van der Waals surface area contributed by atoms with Crippen LogP contribution < -0.4 is 9.47 Å². The molecule has 158 valence electrons. The Morgan fingerprint density at radius 2 is 0.938 bits per heavy atom. The molecule has 0 atom stereocenters. The maximum atomic E-state index is 10.2. The fourth-order valence-electron chi connectivity index (χ4n) is 2.83. The largest absolute Gasteiger partial charge is 0.504 e. The van der Waals surface area contributed by atoms with Crippen molar-refractivity contribution in [3.8, 4) is 34.5 Å². The molecule has 6 nitrogen and oxygen atoms in total. The molecule has 0 aliphatic rings. The van der Waals surface area contributed by atoms with E-state index in [0.717, 1.165) is 0 Å². The van der Waals surface area contributed by atoms with E-state index < -0.39 is 0 Å². The first kappa shape index (κ1) is 20.7. The van der Waals surface area contributed by atoms with Crippen LogP contribution in [0.1, 0.15) is 11.1 Å². The molecule has 0 saturated carbocycles.